The number of carbonyl (C=O) groups is 2. The van der Waals surface area contributed by atoms with Crippen molar-refractivity contribution in [3.63, 3.8) is 0 Å². The largest absolute Gasteiger partial charge is 0.372 e. The predicted octanol–water partition coefficient (Wildman–Crippen LogP) is 3.07. The van der Waals surface area contributed by atoms with Crippen LogP contribution in [-0.4, -0.2) is 24.9 Å². The van der Waals surface area contributed by atoms with E-state index in [2.05, 4.69) is 15.5 Å². The monoisotopic (exact) mass is 355 g/mol. The minimum atomic E-state index is -0.445. The molecule has 3 rings (SSSR count). The lowest BCUT2D eigenvalue weighted by molar-refractivity contribution is -0.126. The molecule has 2 amide bonds. The van der Waals surface area contributed by atoms with Crippen LogP contribution in [-0.2, 0) is 16.1 Å². The number of hydrogen-bond acceptors (Lipinski definition) is 3. The average Bonchev–Trinajstić information content (AvgIpc) is 3.16. The molecule has 1 aliphatic rings. The van der Waals surface area contributed by atoms with Crippen LogP contribution in [0.1, 0.15) is 24.8 Å². The minimum absolute atomic E-state index is 0.0588. The molecule has 26 heavy (non-hydrogen) atoms. The van der Waals surface area contributed by atoms with E-state index in [0.29, 0.717) is 11.3 Å². The quantitative estimate of drug-likeness (QED) is 0.783. The number of amides is 2. The Balaban J connectivity index is 1.45. The topological polar surface area (TPSA) is 61.4 Å². The van der Waals surface area contributed by atoms with Crippen LogP contribution < -0.4 is 15.5 Å². The number of benzene rings is 2. The number of halogens is 1. The standard InChI is InChI=1S/C20H22FN3O2/c21-18-6-2-1-5-15(18)14-22-19(25)13-20(26)23-16-7-9-17(10-8-16)24-11-3-4-12-24/h1-2,5-10H,3-4,11-14H2,(H,22,25)(H,23,26). The van der Waals surface area contributed by atoms with Crippen LogP contribution in [0.2, 0.25) is 0 Å². The van der Waals surface area contributed by atoms with E-state index < -0.39 is 11.8 Å². The Hall–Kier alpha value is -2.89. The van der Waals surface area contributed by atoms with E-state index in [9.17, 15) is 14.0 Å². The molecule has 1 aliphatic heterocycles. The van der Waals surface area contributed by atoms with E-state index in [1.807, 2.05) is 24.3 Å². The van der Waals surface area contributed by atoms with Crippen molar-refractivity contribution in [1.82, 2.24) is 5.32 Å². The molecule has 0 atom stereocenters. The minimum Gasteiger partial charge on any atom is -0.372 e. The molecule has 0 radical (unpaired) electrons. The van der Waals surface area contributed by atoms with Crippen molar-refractivity contribution in [2.45, 2.75) is 25.8 Å². The van der Waals surface area contributed by atoms with Crippen LogP contribution in [0.3, 0.4) is 0 Å². The highest BCUT2D eigenvalue weighted by Gasteiger charge is 2.13. The Morgan fingerprint density at radius 3 is 2.35 bits per heavy atom. The molecule has 1 fully saturated rings. The first-order valence-corrected chi connectivity index (χ1v) is 8.77. The molecule has 0 aromatic heterocycles. The summed E-state index contributed by atoms with van der Waals surface area (Å²) in [6, 6.07) is 13.8. The molecular formula is C20H22FN3O2. The third kappa shape index (κ3) is 4.81. The number of hydrogen-bond donors (Lipinski definition) is 2. The predicted molar refractivity (Wildman–Crippen MR) is 99.4 cm³/mol. The van der Waals surface area contributed by atoms with Crippen LogP contribution in [0.25, 0.3) is 0 Å². The zero-order valence-electron chi connectivity index (χ0n) is 14.5. The second-order valence-corrected chi connectivity index (χ2v) is 6.33. The molecule has 0 aliphatic carbocycles. The van der Waals surface area contributed by atoms with Gasteiger partial charge in [-0.25, -0.2) is 4.39 Å². The van der Waals surface area contributed by atoms with E-state index in [0.717, 1.165) is 18.8 Å². The van der Waals surface area contributed by atoms with Gasteiger partial charge in [0.05, 0.1) is 0 Å². The summed E-state index contributed by atoms with van der Waals surface area (Å²) in [5.74, 6) is -1.22. The van der Waals surface area contributed by atoms with Crippen LogP contribution in [0.4, 0.5) is 15.8 Å². The van der Waals surface area contributed by atoms with Crippen molar-refractivity contribution in [3.8, 4) is 0 Å². The maximum atomic E-state index is 13.5. The fourth-order valence-electron chi connectivity index (χ4n) is 2.98. The van der Waals surface area contributed by atoms with Gasteiger partial charge in [0.2, 0.25) is 11.8 Å². The molecule has 1 heterocycles. The van der Waals surface area contributed by atoms with Crippen LogP contribution >= 0.6 is 0 Å². The molecule has 6 heteroatoms. The van der Waals surface area contributed by atoms with E-state index >= 15 is 0 Å². The average molecular weight is 355 g/mol. The van der Waals surface area contributed by atoms with Gasteiger partial charge in [0.25, 0.3) is 0 Å². The summed E-state index contributed by atoms with van der Waals surface area (Å²) in [5.41, 5.74) is 2.18. The molecule has 2 aromatic rings. The van der Waals surface area contributed by atoms with E-state index in [4.69, 9.17) is 0 Å². The summed E-state index contributed by atoms with van der Waals surface area (Å²) in [5, 5.41) is 5.26. The van der Waals surface area contributed by atoms with Gasteiger partial charge in [-0.1, -0.05) is 18.2 Å². The lowest BCUT2D eigenvalue weighted by atomic mass is 10.2. The molecule has 0 bridgehead atoms. The molecule has 5 nitrogen and oxygen atoms in total. The van der Waals surface area contributed by atoms with Gasteiger partial charge in [0.1, 0.15) is 12.2 Å². The van der Waals surface area contributed by atoms with Gasteiger partial charge in [-0.2, -0.15) is 0 Å². The number of carbonyl (C=O) groups excluding carboxylic acids is 2. The highest BCUT2D eigenvalue weighted by molar-refractivity contribution is 6.03. The van der Waals surface area contributed by atoms with Crippen molar-refractivity contribution >= 4 is 23.2 Å². The van der Waals surface area contributed by atoms with Gasteiger partial charge in [-0.15, -0.1) is 0 Å². The lowest BCUT2D eigenvalue weighted by Crippen LogP contribution is -2.28. The second kappa shape index (κ2) is 8.47. The van der Waals surface area contributed by atoms with Crippen molar-refractivity contribution < 1.29 is 14.0 Å². The third-order valence-electron chi connectivity index (χ3n) is 4.38. The van der Waals surface area contributed by atoms with Gasteiger partial charge in [0, 0.05) is 36.6 Å². The summed E-state index contributed by atoms with van der Waals surface area (Å²) in [4.78, 5) is 26.1. The highest BCUT2D eigenvalue weighted by Crippen LogP contribution is 2.22. The summed E-state index contributed by atoms with van der Waals surface area (Å²) >= 11 is 0. The van der Waals surface area contributed by atoms with E-state index in [-0.39, 0.29) is 18.8 Å². The van der Waals surface area contributed by atoms with Gasteiger partial charge in [-0.05, 0) is 43.2 Å². The third-order valence-corrected chi connectivity index (χ3v) is 4.38. The Morgan fingerprint density at radius 2 is 1.65 bits per heavy atom. The number of nitrogens with zero attached hydrogens (tertiary/aromatic N) is 1. The number of anilines is 2. The van der Waals surface area contributed by atoms with Gasteiger partial charge >= 0.3 is 0 Å². The van der Waals surface area contributed by atoms with E-state index in [1.54, 1.807) is 18.2 Å². The molecule has 136 valence electrons. The Morgan fingerprint density at radius 1 is 0.962 bits per heavy atom. The van der Waals surface area contributed by atoms with Crippen molar-refractivity contribution in [2.24, 2.45) is 0 Å². The van der Waals surface area contributed by atoms with Crippen LogP contribution in [0, 0.1) is 5.82 Å². The SMILES string of the molecule is O=C(CC(=O)Nc1ccc(N2CCCC2)cc1)NCc1ccccc1F. The molecular weight excluding hydrogens is 333 g/mol. The zero-order chi connectivity index (χ0) is 18.4. The summed E-state index contributed by atoms with van der Waals surface area (Å²) in [6.45, 7) is 2.19. The summed E-state index contributed by atoms with van der Waals surface area (Å²) in [6.07, 6.45) is 2.11. The van der Waals surface area contributed by atoms with Gasteiger partial charge in [-0.3, -0.25) is 9.59 Å². The maximum Gasteiger partial charge on any atom is 0.233 e. The molecule has 0 saturated carbocycles. The number of nitrogens with one attached hydrogen (secondary N) is 2. The van der Waals surface area contributed by atoms with Crippen molar-refractivity contribution in [3.05, 3.63) is 59.9 Å². The molecule has 0 unspecified atom stereocenters. The van der Waals surface area contributed by atoms with Crippen molar-refractivity contribution in [2.75, 3.05) is 23.3 Å². The Bertz CT molecular complexity index is 771. The maximum absolute atomic E-state index is 13.5. The van der Waals surface area contributed by atoms with Gasteiger partial charge in [0.15, 0.2) is 0 Å². The molecule has 2 aromatic carbocycles. The zero-order valence-corrected chi connectivity index (χ0v) is 14.5. The lowest BCUT2D eigenvalue weighted by Gasteiger charge is -2.17. The van der Waals surface area contributed by atoms with Crippen LogP contribution in [0.5, 0.6) is 0 Å². The summed E-state index contributed by atoms with van der Waals surface area (Å²) < 4.78 is 13.5. The first-order valence-electron chi connectivity index (χ1n) is 8.77. The fraction of sp³-hybridized carbons (Fsp3) is 0.300. The Labute approximate surface area is 152 Å². The van der Waals surface area contributed by atoms with Crippen LogP contribution in [0.15, 0.2) is 48.5 Å². The molecule has 2 N–H and O–H groups in total. The normalized spacial score (nSPS) is 13.5. The first kappa shape index (κ1) is 17.9. The van der Waals surface area contributed by atoms with Crippen molar-refractivity contribution in [1.29, 1.82) is 0 Å². The fourth-order valence-corrected chi connectivity index (χ4v) is 2.98. The molecule has 0 spiro atoms. The highest BCUT2D eigenvalue weighted by atomic mass is 19.1. The summed E-state index contributed by atoms with van der Waals surface area (Å²) in [7, 11) is 0. The molecule has 1 saturated heterocycles. The smallest absolute Gasteiger partial charge is 0.233 e. The second-order valence-electron chi connectivity index (χ2n) is 6.33. The van der Waals surface area contributed by atoms with E-state index in [1.165, 1.54) is 18.9 Å². The first-order chi connectivity index (χ1) is 12.6. The van der Waals surface area contributed by atoms with Gasteiger partial charge < -0.3 is 15.5 Å². The Kier molecular flexibility index (Phi) is 5.84. The number of rotatable bonds is 6.